The lowest BCUT2D eigenvalue weighted by molar-refractivity contribution is -0.578. The van der Waals surface area contributed by atoms with E-state index in [4.69, 9.17) is 0 Å². The van der Waals surface area contributed by atoms with Crippen molar-refractivity contribution >= 4 is 33.0 Å². The van der Waals surface area contributed by atoms with E-state index in [1.807, 2.05) is 26.8 Å². The molecule has 3 aromatic rings. The van der Waals surface area contributed by atoms with Crippen LogP contribution < -0.4 is 9.67 Å². The molecule has 2 aromatic carbocycles. The van der Waals surface area contributed by atoms with Gasteiger partial charge in [-0.3, -0.25) is 4.79 Å². The number of Topliss-reactive ketones (excluding diaryl/α,β-unsaturated/α-hetero) is 1. The van der Waals surface area contributed by atoms with Gasteiger partial charge in [-0.15, -0.1) is 4.40 Å². The molecule has 0 amide bonds. The lowest BCUT2D eigenvalue weighted by atomic mass is 9.91. The third-order valence-electron chi connectivity index (χ3n) is 5.00. The van der Waals surface area contributed by atoms with E-state index >= 15 is 0 Å². The summed E-state index contributed by atoms with van der Waals surface area (Å²) in [7, 11) is -4.22. The predicted molar refractivity (Wildman–Crippen MR) is 116 cm³/mol. The Morgan fingerprint density at radius 3 is 2.03 bits per heavy atom. The largest absolute Gasteiger partial charge is 0.867 e. The van der Waals surface area contributed by atoms with E-state index in [1.165, 1.54) is 22.8 Å². The number of benzene rings is 2. The maximum atomic E-state index is 13.4. The number of sulfonamides is 1. The third-order valence-corrected chi connectivity index (χ3v) is 6.29. The molecular formula is C24H20N2O4S. The van der Waals surface area contributed by atoms with Crippen LogP contribution in [0.3, 0.4) is 0 Å². The van der Waals surface area contributed by atoms with E-state index in [0.29, 0.717) is 0 Å². The third kappa shape index (κ3) is 3.80. The molecule has 1 aliphatic carbocycles. The van der Waals surface area contributed by atoms with Crippen LogP contribution >= 0.6 is 0 Å². The molecule has 0 atom stereocenters. The average Bonchev–Trinajstić information content (AvgIpc) is 2.71. The van der Waals surface area contributed by atoms with Crippen molar-refractivity contribution in [3.05, 3.63) is 94.8 Å². The van der Waals surface area contributed by atoms with Crippen LogP contribution in [-0.4, -0.2) is 19.9 Å². The molecule has 0 aliphatic heterocycles. The molecule has 0 bridgehead atoms. The zero-order valence-corrected chi connectivity index (χ0v) is 18.1. The van der Waals surface area contributed by atoms with Gasteiger partial charge >= 0.3 is 0 Å². The van der Waals surface area contributed by atoms with Gasteiger partial charge in [0.1, 0.15) is 0 Å². The monoisotopic (exact) mass is 432 g/mol. The maximum Gasteiger partial charge on any atom is 0.283 e. The number of ketones is 1. The number of aromatic nitrogens is 1. The molecule has 4 rings (SSSR count). The number of fused-ring (bicyclic) bond motifs is 1. The van der Waals surface area contributed by atoms with Crippen molar-refractivity contribution in [2.45, 2.75) is 25.7 Å². The van der Waals surface area contributed by atoms with Gasteiger partial charge in [-0.05, 0) is 50.3 Å². The molecule has 1 aliphatic rings. The molecule has 0 spiro atoms. The second-order valence-electron chi connectivity index (χ2n) is 7.58. The fourth-order valence-corrected chi connectivity index (χ4v) is 4.59. The number of pyridine rings is 1. The van der Waals surface area contributed by atoms with Crippen LogP contribution in [0.5, 0.6) is 0 Å². The van der Waals surface area contributed by atoms with Crippen molar-refractivity contribution in [1.82, 2.24) is 0 Å². The first-order chi connectivity index (χ1) is 14.7. The highest BCUT2D eigenvalue weighted by molar-refractivity contribution is 7.90. The standard InChI is InChI=1S/C24H20N2O4S/c1-15-8-10-18(11-9-15)31(29,30)25-21-22(26-13-16(2)12-17(3)14-26)24(28)20-7-5-4-6-19(20)23(21)27/h4-14H,1-3H3. The van der Waals surface area contributed by atoms with Crippen LogP contribution in [0.1, 0.15) is 32.6 Å². The van der Waals surface area contributed by atoms with Gasteiger partial charge in [0.2, 0.25) is 11.5 Å². The summed E-state index contributed by atoms with van der Waals surface area (Å²) in [5, 5.41) is 13.4. The minimum absolute atomic E-state index is 0.0468. The average molecular weight is 433 g/mol. The van der Waals surface area contributed by atoms with Gasteiger partial charge in [-0.2, -0.15) is 13.0 Å². The number of aryl methyl sites for hydroxylation is 3. The number of carbonyl (C=O) groups excluding carboxylic acids is 1. The van der Waals surface area contributed by atoms with Crippen molar-refractivity contribution in [3.63, 3.8) is 0 Å². The normalized spacial score (nSPS) is 15.3. The molecule has 31 heavy (non-hydrogen) atoms. The molecule has 1 aromatic heterocycles. The Kier molecular flexibility index (Phi) is 5.07. The zero-order valence-electron chi connectivity index (χ0n) is 17.3. The number of hydrogen-bond acceptors (Lipinski definition) is 4. The molecule has 0 unspecified atom stereocenters. The van der Waals surface area contributed by atoms with Gasteiger partial charge in [0, 0.05) is 16.7 Å². The molecule has 0 saturated heterocycles. The first-order valence-corrected chi connectivity index (χ1v) is 11.1. The molecule has 0 saturated carbocycles. The molecule has 7 heteroatoms. The van der Waals surface area contributed by atoms with Crippen LogP contribution in [0.15, 0.2) is 76.3 Å². The molecule has 0 fully saturated rings. The predicted octanol–water partition coefficient (Wildman–Crippen LogP) is 2.61. The minimum Gasteiger partial charge on any atom is -0.867 e. The van der Waals surface area contributed by atoms with Gasteiger partial charge in [-0.1, -0.05) is 42.0 Å². The quantitative estimate of drug-likeness (QED) is 0.595. The van der Waals surface area contributed by atoms with Gasteiger partial charge in [0.25, 0.3) is 10.0 Å². The van der Waals surface area contributed by atoms with Crippen molar-refractivity contribution < 1.29 is 22.9 Å². The Bertz CT molecular complexity index is 1370. The molecule has 0 N–H and O–H groups in total. The van der Waals surface area contributed by atoms with Gasteiger partial charge in [0.05, 0.1) is 4.90 Å². The fourth-order valence-electron chi connectivity index (χ4n) is 3.60. The van der Waals surface area contributed by atoms with Crippen LogP contribution in [0.25, 0.3) is 11.5 Å². The van der Waals surface area contributed by atoms with Crippen LogP contribution in [0.4, 0.5) is 0 Å². The molecule has 6 nitrogen and oxygen atoms in total. The summed E-state index contributed by atoms with van der Waals surface area (Å²) < 4.78 is 31.4. The summed E-state index contributed by atoms with van der Waals surface area (Å²) in [6.45, 7) is 5.55. The van der Waals surface area contributed by atoms with E-state index in [1.54, 1.807) is 42.7 Å². The Hall–Kier alpha value is -3.58. The van der Waals surface area contributed by atoms with Crippen molar-refractivity contribution in [3.8, 4) is 0 Å². The highest BCUT2D eigenvalue weighted by Gasteiger charge is 2.35. The van der Waals surface area contributed by atoms with Crippen LogP contribution in [-0.2, 0) is 10.0 Å². The first kappa shape index (κ1) is 20.7. The van der Waals surface area contributed by atoms with E-state index in [9.17, 15) is 18.3 Å². The summed E-state index contributed by atoms with van der Waals surface area (Å²) in [4.78, 5) is 13.3. The number of rotatable bonds is 3. The Balaban J connectivity index is 2.01. The molecule has 1 heterocycles. The van der Waals surface area contributed by atoms with Crippen molar-refractivity contribution in [2.75, 3.05) is 0 Å². The van der Waals surface area contributed by atoms with Gasteiger partial charge in [0.15, 0.2) is 18.1 Å². The summed E-state index contributed by atoms with van der Waals surface area (Å²) in [6.07, 6.45) is 3.35. The number of carbonyl (C=O) groups is 1. The fraction of sp³-hybridized carbons (Fsp3) is 0.125. The van der Waals surface area contributed by atoms with E-state index in [-0.39, 0.29) is 27.4 Å². The highest BCUT2D eigenvalue weighted by atomic mass is 32.2. The van der Waals surface area contributed by atoms with E-state index < -0.39 is 21.6 Å². The number of hydrogen-bond donors (Lipinski definition) is 0. The molecule has 0 radical (unpaired) electrons. The topological polar surface area (TPSA) is 90.5 Å². The summed E-state index contributed by atoms with van der Waals surface area (Å²) in [6, 6.07) is 14.4. The Morgan fingerprint density at radius 1 is 0.839 bits per heavy atom. The van der Waals surface area contributed by atoms with Crippen molar-refractivity contribution in [2.24, 2.45) is 4.40 Å². The summed E-state index contributed by atoms with van der Waals surface area (Å²) >= 11 is 0. The molecule has 156 valence electrons. The van der Waals surface area contributed by atoms with Gasteiger partial charge in [-0.25, -0.2) is 0 Å². The van der Waals surface area contributed by atoms with E-state index in [0.717, 1.165) is 16.7 Å². The van der Waals surface area contributed by atoms with Crippen LogP contribution in [0, 0.1) is 20.8 Å². The van der Waals surface area contributed by atoms with Gasteiger partial charge < -0.3 is 5.11 Å². The summed E-state index contributed by atoms with van der Waals surface area (Å²) in [5.74, 6) is -1.06. The Labute approximate surface area is 180 Å². The lowest BCUT2D eigenvalue weighted by Gasteiger charge is -2.23. The number of allylic oxidation sites excluding steroid dienone is 1. The number of nitrogens with zero attached hydrogens (tertiary/aromatic N) is 2. The smallest absolute Gasteiger partial charge is 0.283 e. The Morgan fingerprint density at radius 2 is 1.42 bits per heavy atom. The maximum absolute atomic E-state index is 13.4. The minimum atomic E-state index is -4.22. The lowest BCUT2D eigenvalue weighted by Crippen LogP contribution is -2.44. The summed E-state index contributed by atoms with van der Waals surface area (Å²) in [5.41, 5.74) is 2.49. The molecular weight excluding hydrogens is 412 g/mol. The van der Waals surface area contributed by atoms with Crippen LogP contribution in [0.2, 0.25) is 0 Å². The SMILES string of the molecule is Cc1ccc(S(=O)(=O)/N=C2\C(=O)c3ccccc3C([O-])=C2[n+]2cc(C)cc(C)c2)cc1. The van der Waals surface area contributed by atoms with E-state index in [2.05, 4.69) is 4.40 Å². The van der Waals surface area contributed by atoms with Crippen molar-refractivity contribution in [1.29, 1.82) is 0 Å². The first-order valence-electron chi connectivity index (χ1n) is 9.65. The second kappa shape index (κ2) is 7.59. The second-order valence-corrected chi connectivity index (χ2v) is 9.18. The zero-order chi connectivity index (χ0) is 22.3. The highest BCUT2D eigenvalue weighted by Crippen LogP contribution is 2.28.